The molecule has 3 heterocycles. The van der Waals surface area contributed by atoms with Crippen LogP contribution in [0.4, 0.5) is 0 Å². The van der Waals surface area contributed by atoms with Crippen LogP contribution in [0.2, 0.25) is 0 Å². The molecule has 2 aromatic carbocycles. The van der Waals surface area contributed by atoms with Gasteiger partial charge in [0.2, 0.25) is 53.2 Å². The Kier molecular flexibility index (Phi) is 23.2. The lowest BCUT2D eigenvalue weighted by molar-refractivity contribution is -0.143. The summed E-state index contributed by atoms with van der Waals surface area (Å²) in [5, 5.41) is 30.5. The van der Waals surface area contributed by atoms with E-state index in [9.17, 15) is 43.5 Å². The van der Waals surface area contributed by atoms with Crippen molar-refractivity contribution < 1.29 is 48.3 Å². The van der Waals surface area contributed by atoms with E-state index in [2.05, 4.69) is 77.4 Å². The second-order valence-corrected chi connectivity index (χ2v) is 20.3. The van der Waals surface area contributed by atoms with Crippen LogP contribution in [-0.2, 0) is 56.0 Å². The lowest BCUT2D eigenvalue weighted by atomic mass is 9.99. The first kappa shape index (κ1) is 61.5. The van der Waals surface area contributed by atoms with Crippen LogP contribution in [0.1, 0.15) is 64.0 Å². The number of aliphatic imine (C=N–C) groups is 1. The highest BCUT2D eigenvalue weighted by molar-refractivity contribution is 7.80. The summed E-state index contributed by atoms with van der Waals surface area (Å²) in [4.78, 5) is 135. The van der Waals surface area contributed by atoms with Crippen molar-refractivity contribution in [3.63, 3.8) is 0 Å². The van der Waals surface area contributed by atoms with Crippen LogP contribution in [0.25, 0.3) is 21.8 Å². The number of aliphatic hydroxyl groups is 1. The Morgan fingerprint density at radius 1 is 0.692 bits per heavy atom. The second-order valence-electron chi connectivity index (χ2n) is 19.6. The lowest BCUT2D eigenvalue weighted by Crippen LogP contribution is -2.61. The van der Waals surface area contributed by atoms with Crippen molar-refractivity contribution in [3.05, 3.63) is 72.1 Å². The molecular weight excluding hydrogens is 1050 g/mol. The van der Waals surface area contributed by atoms with Gasteiger partial charge in [-0.05, 0) is 68.2 Å². The highest BCUT2D eigenvalue weighted by Gasteiger charge is 2.41. The molecule has 0 aliphatic carbocycles. The molecule has 0 bridgehead atoms. The maximum absolute atomic E-state index is 15.0. The van der Waals surface area contributed by atoms with Crippen molar-refractivity contribution in [2.45, 2.75) is 120 Å². The first-order chi connectivity index (χ1) is 37.1. The molecule has 9 atom stereocenters. The van der Waals surface area contributed by atoms with Crippen LogP contribution in [-0.4, -0.2) is 165 Å². The number of amides is 9. The third kappa shape index (κ3) is 17.3. The van der Waals surface area contributed by atoms with E-state index in [0.717, 1.165) is 21.8 Å². The van der Waals surface area contributed by atoms with E-state index >= 15 is 4.79 Å². The van der Waals surface area contributed by atoms with Crippen molar-refractivity contribution in [2.24, 2.45) is 33.8 Å². The van der Waals surface area contributed by atoms with Crippen LogP contribution < -0.4 is 60.2 Å². The summed E-state index contributed by atoms with van der Waals surface area (Å²) in [6.45, 7) is 4.60. The molecule has 2 aromatic heterocycles. The van der Waals surface area contributed by atoms with Crippen molar-refractivity contribution >= 4 is 106 Å². The SMILES string of the molecule is CC(C)C[C@H](NC(=O)[C@H](Cc1c[nH]c2ccccc12)NC(=O)[C@H](Cc1c[nH]c2ccccc12)NC(=O)[C@@H]1CCCN1C(=O)[C@H](CCCN=C(N)N)NC(=O)[C@@H](NC(=O)[C@@H](N)CS)[C@@H](C)O)C(=O)N[C@@H](CS)C(=O)NCC(N)=O. The summed E-state index contributed by atoms with van der Waals surface area (Å²) in [6.07, 6.45) is 2.55. The lowest BCUT2D eigenvalue weighted by Gasteiger charge is -2.31. The van der Waals surface area contributed by atoms with Gasteiger partial charge in [-0.1, -0.05) is 50.2 Å². The molecule has 5 rings (SSSR count). The van der Waals surface area contributed by atoms with Crippen molar-refractivity contribution in [1.29, 1.82) is 0 Å². The number of aromatic amines is 2. The summed E-state index contributed by atoms with van der Waals surface area (Å²) >= 11 is 8.24. The summed E-state index contributed by atoms with van der Waals surface area (Å²) < 4.78 is 0. The zero-order chi connectivity index (χ0) is 57.2. The number of aromatic nitrogens is 2. The number of hydrogen-bond donors (Lipinski definition) is 16. The molecule has 0 spiro atoms. The van der Waals surface area contributed by atoms with E-state index in [4.69, 9.17) is 22.9 Å². The predicted octanol–water partition coefficient (Wildman–Crippen LogP) is -2.40. The van der Waals surface area contributed by atoms with Gasteiger partial charge in [0.1, 0.15) is 42.3 Å². The fraction of sp³-hybridized carbons (Fsp3) is 0.490. The summed E-state index contributed by atoms with van der Waals surface area (Å²) in [7, 11) is 0. The summed E-state index contributed by atoms with van der Waals surface area (Å²) in [5.41, 5.74) is 24.8. The Hall–Kier alpha value is -7.36. The third-order valence-corrected chi connectivity index (χ3v) is 13.8. The Balaban J connectivity index is 1.46. The maximum Gasteiger partial charge on any atom is 0.245 e. The van der Waals surface area contributed by atoms with E-state index < -0.39 is 114 Å². The molecule has 0 unspecified atom stereocenters. The first-order valence-corrected chi connectivity index (χ1v) is 26.9. The average Bonchev–Trinajstić information content (AvgIpc) is 4.18. The number of para-hydroxylation sites is 2. The molecule has 0 radical (unpaired) electrons. The third-order valence-electron chi connectivity index (χ3n) is 13.1. The standard InChI is InChI=1S/C51H73N15O10S2/c1-26(2)18-36(45(71)64-39(25-78)44(70)59-23-41(53)68)61-46(72)37(19-28-21-57-33-12-6-4-10-30(28)33)62-47(73)38(20-29-22-58-34-13-7-5-11-31(29)34)63-48(74)40-15-9-17-66(40)50(76)35(14-8-16-56-51(54)55)60-49(75)42(27(3)67)65-43(69)32(52)24-77/h4-7,10-13,21-22,26-27,32,35-40,42,57-58,67,77-78H,8-9,14-20,23-25,52H2,1-3H3,(H2,53,68)(H,59,70)(H,60,75)(H,61,72)(H,62,73)(H,63,74)(H,64,71)(H,65,69)(H4,54,55,56)/t27-,32+,35+,36+,37+,38+,39+,40+,42+/m1/s1. The number of nitrogens with one attached hydrogen (secondary N) is 9. The normalized spacial score (nSPS) is 16.4. The number of rotatable bonds is 29. The Bertz CT molecular complexity index is 2800. The minimum atomic E-state index is -1.53. The smallest absolute Gasteiger partial charge is 0.245 e. The topological polar surface area (TPSA) is 409 Å². The monoisotopic (exact) mass is 1120 g/mol. The van der Waals surface area contributed by atoms with Gasteiger partial charge in [-0.15, -0.1) is 0 Å². The Morgan fingerprint density at radius 2 is 1.23 bits per heavy atom. The molecule has 1 saturated heterocycles. The number of guanidine groups is 1. The highest BCUT2D eigenvalue weighted by Crippen LogP contribution is 2.24. The van der Waals surface area contributed by atoms with Gasteiger partial charge < -0.3 is 80.1 Å². The van der Waals surface area contributed by atoms with E-state index in [0.29, 0.717) is 17.5 Å². The molecule has 424 valence electrons. The number of H-pyrrole nitrogens is 2. The molecular formula is C51H73N15O10S2. The van der Waals surface area contributed by atoms with E-state index in [-0.39, 0.29) is 75.0 Å². The van der Waals surface area contributed by atoms with Crippen LogP contribution >= 0.6 is 25.3 Å². The summed E-state index contributed by atoms with van der Waals surface area (Å²) in [6, 6.07) is 4.34. The van der Waals surface area contributed by atoms with Gasteiger partial charge in [-0.2, -0.15) is 25.3 Å². The molecule has 18 N–H and O–H groups in total. The van der Waals surface area contributed by atoms with E-state index in [1.807, 2.05) is 62.4 Å². The number of aliphatic hydroxyl groups excluding tert-OH is 1. The molecule has 27 heteroatoms. The molecule has 4 aromatic rings. The molecule has 1 aliphatic rings. The number of nitrogens with two attached hydrogens (primary N) is 4. The van der Waals surface area contributed by atoms with Crippen molar-refractivity contribution in [3.8, 4) is 0 Å². The van der Waals surface area contributed by atoms with Gasteiger partial charge in [-0.3, -0.25) is 48.1 Å². The van der Waals surface area contributed by atoms with Crippen molar-refractivity contribution in [2.75, 3.05) is 31.1 Å². The number of primary amides is 1. The van der Waals surface area contributed by atoms with Crippen LogP contribution in [0.3, 0.4) is 0 Å². The molecule has 1 aliphatic heterocycles. The van der Waals surface area contributed by atoms with Crippen LogP contribution in [0, 0.1) is 5.92 Å². The largest absolute Gasteiger partial charge is 0.391 e. The Morgan fingerprint density at radius 3 is 1.77 bits per heavy atom. The van der Waals surface area contributed by atoms with Gasteiger partial charge in [-0.25, -0.2) is 0 Å². The fourth-order valence-electron chi connectivity index (χ4n) is 9.01. The highest BCUT2D eigenvalue weighted by atomic mass is 32.1. The minimum absolute atomic E-state index is 0.0317. The summed E-state index contributed by atoms with van der Waals surface area (Å²) in [5.74, 6) is -7.46. The van der Waals surface area contributed by atoms with Gasteiger partial charge >= 0.3 is 0 Å². The predicted molar refractivity (Wildman–Crippen MR) is 299 cm³/mol. The van der Waals surface area contributed by atoms with Gasteiger partial charge in [0.15, 0.2) is 5.96 Å². The first-order valence-electron chi connectivity index (χ1n) is 25.6. The molecule has 9 amide bonds. The van der Waals surface area contributed by atoms with Gasteiger partial charge in [0, 0.05) is 71.6 Å². The molecule has 78 heavy (non-hydrogen) atoms. The number of carbonyl (C=O) groups is 9. The molecule has 1 fully saturated rings. The van der Waals surface area contributed by atoms with Gasteiger partial charge in [0.25, 0.3) is 0 Å². The van der Waals surface area contributed by atoms with Crippen molar-refractivity contribution in [1.82, 2.24) is 52.1 Å². The van der Waals surface area contributed by atoms with Crippen LogP contribution in [0.5, 0.6) is 0 Å². The van der Waals surface area contributed by atoms with Crippen LogP contribution in [0.15, 0.2) is 65.9 Å². The zero-order valence-electron chi connectivity index (χ0n) is 43.8. The number of fused-ring (bicyclic) bond motifs is 2. The minimum Gasteiger partial charge on any atom is -0.391 e. The van der Waals surface area contributed by atoms with E-state index in [1.165, 1.54) is 11.8 Å². The number of likely N-dealkylation sites (tertiary alicyclic amines) is 1. The number of thiol groups is 2. The second kappa shape index (κ2) is 29.4. The fourth-order valence-corrected chi connectivity index (χ4v) is 9.44. The van der Waals surface area contributed by atoms with E-state index in [1.54, 1.807) is 12.4 Å². The average molecular weight is 1120 g/mol. The maximum atomic E-state index is 15.0. The van der Waals surface area contributed by atoms with Gasteiger partial charge in [0.05, 0.1) is 18.7 Å². The Labute approximate surface area is 461 Å². The number of benzene rings is 2. The zero-order valence-corrected chi connectivity index (χ0v) is 45.5. The quantitative estimate of drug-likeness (QED) is 0.0117. The molecule has 0 saturated carbocycles. The number of carbonyl (C=O) groups excluding carboxylic acids is 9. The molecule has 25 nitrogen and oxygen atoms in total. The number of hydrogen-bond acceptors (Lipinski definition) is 14. The number of nitrogens with zero attached hydrogens (tertiary/aromatic N) is 2.